The fourth-order valence-corrected chi connectivity index (χ4v) is 3.52. The second kappa shape index (κ2) is 8.66. The van der Waals surface area contributed by atoms with Gasteiger partial charge < -0.3 is 9.84 Å². The molecule has 0 bridgehead atoms. The molecule has 33 heavy (non-hydrogen) atoms. The summed E-state index contributed by atoms with van der Waals surface area (Å²) >= 11 is 0. The summed E-state index contributed by atoms with van der Waals surface area (Å²) in [5.74, 6) is -1.18. The van der Waals surface area contributed by atoms with Gasteiger partial charge in [-0.2, -0.15) is 13.2 Å². The van der Waals surface area contributed by atoms with E-state index in [-0.39, 0.29) is 28.2 Å². The molecule has 5 nitrogen and oxygen atoms in total. The van der Waals surface area contributed by atoms with Gasteiger partial charge in [-0.1, -0.05) is 19.9 Å². The lowest BCUT2D eigenvalue weighted by Crippen LogP contribution is -2.50. The number of nitrogens with zero attached hydrogens (tertiary/aromatic N) is 3. The molecule has 1 unspecified atom stereocenters. The number of methoxy groups -OCH3 is 1. The van der Waals surface area contributed by atoms with Crippen molar-refractivity contribution in [2.75, 3.05) is 7.11 Å². The topological polar surface area (TPSA) is 67.6 Å². The number of alkyl halides is 3. The third kappa shape index (κ3) is 4.95. The highest BCUT2D eigenvalue weighted by Gasteiger charge is 2.55. The molecule has 1 heterocycles. The van der Waals surface area contributed by atoms with Gasteiger partial charge in [0.1, 0.15) is 17.2 Å². The standard InChI is InChI=1S/C23H22F5N3O2/c1-13-29-10-15-18(8-7-17(25)20(15)31-13)30-12-22(32,23(26,27)28)11-21(2,3)14-5-6-16(24)19(9-14)33-4/h5-10,12,32H,11H2,1-4H3/b30-12+. The van der Waals surface area contributed by atoms with E-state index in [0.717, 1.165) is 12.1 Å². The molecule has 2 aromatic carbocycles. The minimum Gasteiger partial charge on any atom is -0.494 e. The predicted octanol–water partition coefficient (Wildman–Crippen LogP) is 5.59. The summed E-state index contributed by atoms with van der Waals surface area (Å²) in [5, 5.41) is 10.8. The molecule has 1 atom stereocenters. The summed E-state index contributed by atoms with van der Waals surface area (Å²) < 4.78 is 74.7. The van der Waals surface area contributed by atoms with E-state index >= 15 is 0 Å². The summed E-state index contributed by atoms with van der Waals surface area (Å²) in [6.07, 6.45) is -4.26. The van der Waals surface area contributed by atoms with Gasteiger partial charge >= 0.3 is 6.18 Å². The molecule has 0 aliphatic carbocycles. The number of aliphatic hydroxyl groups is 1. The van der Waals surface area contributed by atoms with E-state index in [9.17, 15) is 27.1 Å². The number of aromatic nitrogens is 2. The van der Waals surface area contributed by atoms with Crippen molar-refractivity contribution >= 4 is 22.8 Å². The third-order valence-electron chi connectivity index (χ3n) is 5.35. The van der Waals surface area contributed by atoms with Crippen molar-refractivity contribution in [1.82, 2.24) is 9.97 Å². The lowest BCUT2D eigenvalue weighted by Gasteiger charge is -2.35. The summed E-state index contributed by atoms with van der Waals surface area (Å²) in [6.45, 7) is 4.51. The van der Waals surface area contributed by atoms with Gasteiger partial charge in [0.05, 0.1) is 12.8 Å². The zero-order valence-electron chi connectivity index (χ0n) is 18.3. The van der Waals surface area contributed by atoms with E-state index in [1.165, 1.54) is 45.4 Å². The van der Waals surface area contributed by atoms with E-state index in [1.807, 2.05) is 0 Å². The Bertz CT molecular complexity index is 1210. The van der Waals surface area contributed by atoms with Crippen LogP contribution in [-0.4, -0.2) is 40.2 Å². The van der Waals surface area contributed by atoms with Crippen molar-refractivity contribution in [1.29, 1.82) is 0 Å². The molecule has 3 aromatic rings. The lowest BCUT2D eigenvalue weighted by atomic mass is 9.75. The molecule has 0 saturated carbocycles. The Hall–Kier alpha value is -3.14. The molecule has 10 heteroatoms. The SMILES string of the molecule is COc1cc(C(C)(C)CC(O)(/C=N/c2ccc(F)c3nc(C)ncc23)C(F)(F)F)ccc1F. The second-order valence-electron chi connectivity index (χ2n) is 8.34. The fourth-order valence-electron chi connectivity index (χ4n) is 3.52. The first kappa shape index (κ1) is 24.5. The van der Waals surface area contributed by atoms with Crippen LogP contribution in [0.4, 0.5) is 27.6 Å². The lowest BCUT2D eigenvalue weighted by molar-refractivity contribution is -0.234. The van der Waals surface area contributed by atoms with Crippen LogP contribution in [-0.2, 0) is 5.41 Å². The first-order valence-corrected chi connectivity index (χ1v) is 9.87. The van der Waals surface area contributed by atoms with Crippen LogP contribution in [0.15, 0.2) is 41.5 Å². The minimum atomic E-state index is -5.08. The zero-order chi connectivity index (χ0) is 24.6. The average molecular weight is 467 g/mol. The fraction of sp³-hybridized carbons (Fsp3) is 0.348. The van der Waals surface area contributed by atoms with Gasteiger partial charge in [-0.3, -0.25) is 4.99 Å². The number of ether oxygens (including phenoxy) is 1. The molecule has 0 aliphatic rings. The van der Waals surface area contributed by atoms with Crippen LogP contribution in [0.25, 0.3) is 10.9 Å². The highest BCUT2D eigenvalue weighted by atomic mass is 19.4. The Morgan fingerprint density at radius 3 is 2.39 bits per heavy atom. The first-order valence-electron chi connectivity index (χ1n) is 9.87. The number of fused-ring (bicyclic) bond motifs is 1. The molecule has 0 fully saturated rings. The molecule has 0 aliphatic heterocycles. The smallest absolute Gasteiger partial charge is 0.422 e. The van der Waals surface area contributed by atoms with Crippen LogP contribution >= 0.6 is 0 Å². The number of aryl methyl sites for hydroxylation is 1. The molecule has 0 saturated heterocycles. The second-order valence-corrected chi connectivity index (χ2v) is 8.34. The van der Waals surface area contributed by atoms with Crippen molar-refractivity contribution in [2.45, 2.75) is 44.4 Å². The van der Waals surface area contributed by atoms with Gasteiger partial charge in [0.25, 0.3) is 0 Å². The van der Waals surface area contributed by atoms with Gasteiger partial charge in [-0.05, 0) is 48.6 Å². The Balaban J connectivity index is 2.03. The van der Waals surface area contributed by atoms with Gasteiger partial charge in [0.15, 0.2) is 17.2 Å². The Kier molecular flexibility index (Phi) is 6.43. The molecule has 0 spiro atoms. The molecule has 0 radical (unpaired) electrons. The number of hydrogen-bond donors (Lipinski definition) is 1. The Morgan fingerprint density at radius 2 is 1.76 bits per heavy atom. The summed E-state index contributed by atoms with van der Waals surface area (Å²) in [6, 6.07) is 5.92. The highest BCUT2D eigenvalue weighted by Crippen LogP contribution is 2.41. The van der Waals surface area contributed by atoms with E-state index in [1.54, 1.807) is 6.92 Å². The summed E-state index contributed by atoms with van der Waals surface area (Å²) in [7, 11) is 1.24. The monoisotopic (exact) mass is 467 g/mol. The number of halogens is 5. The van der Waals surface area contributed by atoms with Gasteiger partial charge in [-0.25, -0.2) is 18.7 Å². The number of hydrogen-bond acceptors (Lipinski definition) is 5. The Morgan fingerprint density at radius 1 is 1.09 bits per heavy atom. The van der Waals surface area contributed by atoms with Crippen LogP contribution in [0.1, 0.15) is 31.7 Å². The van der Waals surface area contributed by atoms with Crippen molar-refractivity contribution in [3.63, 3.8) is 0 Å². The van der Waals surface area contributed by atoms with Crippen molar-refractivity contribution in [3.05, 3.63) is 59.6 Å². The van der Waals surface area contributed by atoms with Crippen molar-refractivity contribution < 1.29 is 31.8 Å². The number of aliphatic imine (C=N–C) groups is 1. The van der Waals surface area contributed by atoms with Gasteiger partial charge in [0.2, 0.25) is 0 Å². The maximum atomic E-state index is 14.1. The normalized spacial score (nSPS) is 14.6. The van der Waals surface area contributed by atoms with E-state index < -0.39 is 35.2 Å². The molecule has 1 N–H and O–H groups in total. The molecule has 3 rings (SSSR count). The van der Waals surface area contributed by atoms with Crippen LogP contribution in [0.2, 0.25) is 0 Å². The van der Waals surface area contributed by atoms with Crippen molar-refractivity contribution in [2.24, 2.45) is 4.99 Å². The van der Waals surface area contributed by atoms with Crippen LogP contribution in [0.3, 0.4) is 0 Å². The zero-order valence-corrected chi connectivity index (χ0v) is 18.3. The quantitative estimate of drug-likeness (QED) is 0.379. The molecule has 176 valence electrons. The number of rotatable bonds is 6. The minimum absolute atomic E-state index is 0.0321. The van der Waals surface area contributed by atoms with E-state index in [2.05, 4.69) is 15.0 Å². The molecular formula is C23H22F5N3O2. The van der Waals surface area contributed by atoms with Crippen LogP contribution in [0.5, 0.6) is 5.75 Å². The maximum absolute atomic E-state index is 14.1. The molecule has 0 amide bonds. The van der Waals surface area contributed by atoms with Crippen LogP contribution < -0.4 is 4.74 Å². The summed E-state index contributed by atoms with van der Waals surface area (Å²) in [5.41, 5.74) is -4.40. The van der Waals surface area contributed by atoms with Gasteiger partial charge in [-0.15, -0.1) is 0 Å². The van der Waals surface area contributed by atoms with E-state index in [0.29, 0.717) is 11.8 Å². The molecular weight excluding hydrogens is 445 g/mol. The predicted molar refractivity (Wildman–Crippen MR) is 114 cm³/mol. The Labute approximate surface area is 187 Å². The van der Waals surface area contributed by atoms with E-state index in [4.69, 9.17) is 4.74 Å². The molecule has 1 aromatic heterocycles. The third-order valence-corrected chi connectivity index (χ3v) is 5.35. The summed E-state index contributed by atoms with van der Waals surface area (Å²) in [4.78, 5) is 11.8. The number of benzene rings is 2. The maximum Gasteiger partial charge on any atom is 0.422 e. The van der Waals surface area contributed by atoms with Crippen LogP contribution in [0, 0.1) is 18.6 Å². The van der Waals surface area contributed by atoms with Crippen molar-refractivity contribution in [3.8, 4) is 5.75 Å². The average Bonchev–Trinajstić information content (AvgIpc) is 2.72. The first-order chi connectivity index (χ1) is 15.3. The van der Waals surface area contributed by atoms with Gasteiger partial charge in [0, 0.05) is 17.8 Å². The highest BCUT2D eigenvalue weighted by molar-refractivity contribution is 5.91. The largest absolute Gasteiger partial charge is 0.494 e.